The Morgan fingerprint density at radius 1 is 1.39 bits per heavy atom. The lowest BCUT2D eigenvalue weighted by Gasteiger charge is -2.13. The van der Waals surface area contributed by atoms with Gasteiger partial charge < -0.3 is 10.1 Å². The van der Waals surface area contributed by atoms with Crippen LogP contribution >= 0.6 is 11.8 Å². The smallest absolute Gasteiger partial charge is 0.405 e. The average molecular weight is 346 g/mol. The molecule has 0 aliphatic heterocycles. The van der Waals surface area contributed by atoms with E-state index < -0.39 is 6.36 Å². The molecule has 0 saturated heterocycles. The summed E-state index contributed by atoms with van der Waals surface area (Å²) in [6, 6.07) is 5.64. The number of carbonyl (C=O) groups excluding carboxylic acids is 1. The van der Waals surface area contributed by atoms with Crippen molar-refractivity contribution in [3.05, 3.63) is 35.7 Å². The summed E-state index contributed by atoms with van der Waals surface area (Å²) in [5, 5.41) is 9.46. The standard InChI is InChI=1S/C13H13F3N4O2S/c1-8-18-12(20-19-8)23-7-11(21)17-6-9-4-2-3-5-10(9)22-13(14,15)16/h2-5H,6-7H2,1H3,(H,17,21)(H,18,19,20). The monoisotopic (exact) mass is 346 g/mol. The van der Waals surface area contributed by atoms with Crippen molar-refractivity contribution in [3.63, 3.8) is 0 Å². The van der Waals surface area contributed by atoms with E-state index in [1.807, 2.05) is 0 Å². The average Bonchev–Trinajstić information content (AvgIpc) is 2.88. The van der Waals surface area contributed by atoms with Gasteiger partial charge in [0, 0.05) is 12.1 Å². The molecule has 23 heavy (non-hydrogen) atoms. The van der Waals surface area contributed by atoms with Gasteiger partial charge in [0.25, 0.3) is 0 Å². The minimum Gasteiger partial charge on any atom is -0.405 e. The summed E-state index contributed by atoms with van der Waals surface area (Å²) in [5.41, 5.74) is 0.233. The van der Waals surface area contributed by atoms with Crippen LogP contribution in [0.5, 0.6) is 5.75 Å². The number of aryl methyl sites for hydroxylation is 1. The number of thioether (sulfide) groups is 1. The Balaban J connectivity index is 1.86. The lowest BCUT2D eigenvalue weighted by molar-refractivity contribution is -0.274. The molecule has 1 heterocycles. The highest BCUT2D eigenvalue weighted by Gasteiger charge is 2.31. The van der Waals surface area contributed by atoms with Crippen LogP contribution in [-0.2, 0) is 11.3 Å². The maximum absolute atomic E-state index is 12.3. The van der Waals surface area contributed by atoms with E-state index in [0.29, 0.717) is 11.0 Å². The van der Waals surface area contributed by atoms with Crippen LogP contribution in [-0.4, -0.2) is 33.2 Å². The number of carbonyl (C=O) groups is 1. The molecule has 2 rings (SSSR count). The van der Waals surface area contributed by atoms with Crippen molar-refractivity contribution in [1.82, 2.24) is 20.5 Å². The number of benzene rings is 1. The van der Waals surface area contributed by atoms with E-state index in [1.165, 1.54) is 18.2 Å². The van der Waals surface area contributed by atoms with Gasteiger partial charge in [-0.15, -0.1) is 18.3 Å². The molecule has 2 N–H and O–H groups in total. The number of halogens is 3. The molecule has 0 fully saturated rings. The van der Waals surface area contributed by atoms with E-state index in [1.54, 1.807) is 13.0 Å². The van der Waals surface area contributed by atoms with Gasteiger partial charge in [0.15, 0.2) is 0 Å². The second-order valence-electron chi connectivity index (χ2n) is 4.42. The van der Waals surface area contributed by atoms with Gasteiger partial charge in [0.1, 0.15) is 11.6 Å². The molecule has 0 aliphatic carbocycles. The predicted molar refractivity (Wildman–Crippen MR) is 76.8 cm³/mol. The number of nitrogens with zero attached hydrogens (tertiary/aromatic N) is 2. The fourth-order valence-corrected chi connectivity index (χ4v) is 2.31. The molecule has 1 aromatic carbocycles. The third-order valence-electron chi connectivity index (χ3n) is 2.58. The van der Waals surface area contributed by atoms with Crippen molar-refractivity contribution in [2.45, 2.75) is 25.0 Å². The summed E-state index contributed by atoms with van der Waals surface area (Å²) in [4.78, 5) is 15.8. The van der Waals surface area contributed by atoms with E-state index in [4.69, 9.17) is 0 Å². The number of alkyl halides is 3. The van der Waals surface area contributed by atoms with Gasteiger partial charge in [-0.25, -0.2) is 4.98 Å². The van der Waals surface area contributed by atoms with Crippen LogP contribution in [0, 0.1) is 6.92 Å². The molecular formula is C13H13F3N4O2S. The summed E-state index contributed by atoms with van der Waals surface area (Å²) in [6.07, 6.45) is -4.78. The molecule has 0 unspecified atom stereocenters. The molecule has 6 nitrogen and oxygen atoms in total. The van der Waals surface area contributed by atoms with E-state index in [0.717, 1.165) is 11.8 Å². The van der Waals surface area contributed by atoms with Crippen LogP contribution in [0.25, 0.3) is 0 Å². The summed E-state index contributed by atoms with van der Waals surface area (Å²) in [7, 11) is 0. The van der Waals surface area contributed by atoms with Crippen LogP contribution in [0.1, 0.15) is 11.4 Å². The Hall–Kier alpha value is -2.23. The zero-order chi connectivity index (χ0) is 16.9. The summed E-state index contributed by atoms with van der Waals surface area (Å²) < 4.78 is 40.8. The van der Waals surface area contributed by atoms with Crippen LogP contribution in [0.3, 0.4) is 0 Å². The Labute approximate surface area is 133 Å². The van der Waals surface area contributed by atoms with Gasteiger partial charge in [-0.3, -0.25) is 9.89 Å². The number of hydrogen-bond donors (Lipinski definition) is 2. The molecule has 10 heteroatoms. The van der Waals surface area contributed by atoms with Gasteiger partial charge in [-0.1, -0.05) is 30.0 Å². The van der Waals surface area contributed by atoms with Crippen LogP contribution in [0.4, 0.5) is 13.2 Å². The topological polar surface area (TPSA) is 79.9 Å². The number of aromatic nitrogens is 3. The van der Waals surface area contributed by atoms with E-state index >= 15 is 0 Å². The SMILES string of the molecule is Cc1nc(SCC(=O)NCc2ccccc2OC(F)(F)F)n[nH]1. The number of hydrogen-bond acceptors (Lipinski definition) is 5. The summed E-state index contributed by atoms with van der Waals surface area (Å²) in [5.74, 6) is 0.00232. The molecular weight excluding hydrogens is 333 g/mol. The quantitative estimate of drug-likeness (QED) is 0.785. The van der Waals surface area contributed by atoms with Gasteiger partial charge in [0.05, 0.1) is 5.75 Å². The Kier molecular flexibility index (Phi) is 5.48. The molecule has 124 valence electrons. The van der Waals surface area contributed by atoms with Gasteiger partial charge in [0.2, 0.25) is 11.1 Å². The van der Waals surface area contributed by atoms with Crippen LogP contribution in [0.15, 0.2) is 29.4 Å². The molecule has 0 radical (unpaired) electrons. The van der Waals surface area contributed by atoms with Crippen molar-refractivity contribution >= 4 is 17.7 Å². The van der Waals surface area contributed by atoms with Crippen molar-refractivity contribution in [3.8, 4) is 5.75 Å². The second-order valence-corrected chi connectivity index (χ2v) is 5.37. The van der Waals surface area contributed by atoms with Crippen molar-refractivity contribution < 1.29 is 22.7 Å². The first kappa shape index (κ1) is 17.1. The molecule has 1 amide bonds. The molecule has 0 aliphatic rings. The fourth-order valence-electron chi connectivity index (χ4n) is 1.64. The minimum absolute atomic E-state index is 0.0551. The normalized spacial score (nSPS) is 11.3. The first-order chi connectivity index (χ1) is 10.8. The number of amides is 1. The number of rotatable bonds is 6. The molecule has 0 spiro atoms. The summed E-state index contributed by atoms with van der Waals surface area (Å²) >= 11 is 1.12. The lowest BCUT2D eigenvalue weighted by Crippen LogP contribution is -2.25. The number of aromatic amines is 1. The first-order valence-electron chi connectivity index (χ1n) is 6.45. The maximum Gasteiger partial charge on any atom is 0.573 e. The third-order valence-corrected chi connectivity index (χ3v) is 3.43. The molecule has 2 aromatic rings. The zero-order valence-corrected chi connectivity index (χ0v) is 12.8. The molecule has 0 saturated carbocycles. The Morgan fingerprint density at radius 3 is 2.78 bits per heavy atom. The molecule has 1 aromatic heterocycles. The number of ether oxygens (including phenoxy) is 1. The Bertz CT molecular complexity index is 675. The Morgan fingerprint density at radius 2 is 2.13 bits per heavy atom. The fraction of sp³-hybridized carbons (Fsp3) is 0.308. The van der Waals surface area contributed by atoms with Crippen molar-refractivity contribution in [2.24, 2.45) is 0 Å². The first-order valence-corrected chi connectivity index (χ1v) is 7.44. The predicted octanol–water partition coefficient (Wildman–Crippen LogP) is 2.42. The number of para-hydroxylation sites is 1. The van der Waals surface area contributed by atoms with Crippen molar-refractivity contribution in [1.29, 1.82) is 0 Å². The largest absolute Gasteiger partial charge is 0.573 e. The van der Waals surface area contributed by atoms with E-state index in [9.17, 15) is 18.0 Å². The number of nitrogens with one attached hydrogen (secondary N) is 2. The number of H-pyrrole nitrogens is 1. The lowest BCUT2D eigenvalue weighted by atomic mass is 10.2. The second kappa shape index (κ2) is 7.36. The van der Waals surface area contributed by atoms with E-state index in [2.05, 4.69) is 25.2 Å². The van der Waals surface area contributed by atoms with E-state index in [-0.39, 0.29) is 29.5 Å². The third kappa shape index (κ3) is 5.81. The minimum atomic E-state index is -4.78. The highest BCUT2D eigenvalue weighted by atomic mass is 32.2. The maximum atomic E-state index is 12.3. The van der Waals surface area contributed by atoms with Gasteiger partial charge in [-0.05, 0) is 13.0 Å². The van der Waals surface area contributed by atoms with Gasteiger partial charge in [-0.2, -0.15) is 0 Å². The highest BCUT2D eigenvalue weighted by Crippen LogP contribution is 2.26. The summed E-state index contributed by atoms with van der Waals surface area (Å²) in [6.45, 7) is 1.66. The molecule has 0 atom stereocenters. The zero-order valence-electron chi connectivity index (χ0n) is 12.0. The van der Waals surface area contributed by atoms with Gasteiger partial charge >= 0.3 is 6.36 Å². The highest BCUT2D eigenvalue weighted by molar-refractivity contribution is 7.99. The van der Waals surface area contributed by atoms with Crippen LogP contribution < -0.4 is 10.1 Å². The van der Waals surface area contributed by atoms with Crippen LogP contribution in [0.2, 0.25) is 0 Å². The molecule has 0 bridgehead atoms. The van der Waals surface area contributed by atoms with Crippen molar-refractivity contribution in [2.75, 3.05) is 5.75 Å².